The van der Waals surface area contributed by atoms with Crippen LogP contribution in [-0.4, -0.2) is 45.8 Å². The van der Waals surface area contributed by atoms with Crippen LogP contribution in [0.5, 0.6) is 0 Å². The summed E-state index contributed by atoms with van der Waals surface area (Å²) in [4.78, 5) is 20.6. The summed E-state index contributed by atoms with van der Waals surface area (Å²) in [6.45, 7) is 2.81. The van der Waals surface area contributed by atoms with Gasteiger partial charge in [-0.1, -0.05) is 0 Å². The van der Waals surface area contributed by atoms with Crippen LogP contribution in [0, 0.1) is 5.92 Å². The second-order valence-corrected chi connectivity index (χ2v) is 7.46. The minimum absolute atomic E-state index is 0.0857. The molecule has 2 aliphatic carbocycles. The molecule has 2 aliphatic rings. The van der Waals surface area contributed by atoms with Crippen molar-refractivity contribution in [2.24, 2.45) is 11.7 Å². The smallest absolute Gasteiger partial charge is 0.254 e. The highest BCUT2D eigenvalue weighted by atomic mass is 16.5. The van der Waals surface area contributed by atoms with Gasteiger partial charge in [0.15, 0.2) is 0 Å². The fraction of sp³-hybridized carbons (Fsp3) is 0.737. The molecule has 0 radical (unpaired) electrons. The molecule has 0 aromatic carbocycles. The van der Waals surface area contributed by atoms with Gasteiger partial charge in [-0.25, -0.2) is 9.97 Å². The van der Waals surface area contributed by atoms with Crippen LogP contribution in [0.15, 0.2) is 6.20 Å². The maximum atomic E-state index is 11.7. The Hall–Kier alpha value is -1.73. The Morgan fingerprint density at radius 2 is 2.08 bits per heavy atom. The van der Waals surface area contributed by atoms with E-state index in [2.05, 4.69) is 15.3 Å². The predicted molar refractivity (Wildman–Crippen MR) is 98.9 cm³/mol. The van der Waals surface area contributed by atoms with Crippen LogP contribution in [0.4, 0.5) is 5.82 Å². The van der Waals surface area contributed by atoms with E-state index in [4.69, 9.17) is 10.5 Å². The number of nitrogens with one attached hydrogen (secondary N) is 1. The van der Waals surface area contributed by atoms with Crippen LogP contribution in [0.3, 0.4) is 0 Å². The zero-order chi connectivity index (χ0) is 18.5. The summed E-state index contributed by atoms with van der Waals surface area (Å²) < 4.78 is 5.71. The normalized spacial score (nSPS) is 28.8. The zero-order valence-electron chi connectivity index (χ0n) is 15.5. The Labute approximate surface area is 154 Å². The standard InChI is InChI=1S/C19H30N4O3/c1-2-26-13-8-6-12(7-9-13)10-17-21-11-14(18(20)25)19(23-17)22-15-4-3-5-16(15)24/h11-13,15-16,24H,2-10H2,1H3,(H2,20,25)(H,21,22,23)/t12?,13?,15-,16-/m1/s1. The number of amides is 1. The lowest BCUT2D eigenvalue weighted by molar-refractivity contribution is 0.0255. The van der Waals surface area contributed by atoms with Gasteiger partial charge in [-0.05, 0) is 57.8 Å². The summed E-state index contributed by atoms with van der Waals surface area (Å²) >= 11 is 0. The van der Waals surface area contributed by atoms with Crippen molar-refractivity contribution in [3.05, 3.63) is 17.6 Å². The van der Waals surface area contributed by atoms with Gasteiger partial charge in [-0.3, -0.25) is 4.79 Å². The van der Waals surface area contributed by atoms with Crippen molar-refractivity contribution in [3.63, 3.8) is 0 Å². The number of aliphatic hydroxyl groups is 1. The van der Waals surface area contributed by atoms with E-state index < -0.39 is 12.0 Å². The van der Waals surface area contributed by atoms with Gasteiger partial charge in [0, 0.05) is 19.2 Å². The van der Waals surface area contributed by atoms with Crippen molar-refractivity contribution in [1.82, 2.24) is 9.97 Å². The summed E-state index contributed by atoms with van der Waals surface area (Å²) in [5, 5.41) is 13.3. The molecule has 1 amide bonds. The molecular formula is C19H30N4O3. The fourth-order valence-electron chi connectivity index (χ4n) is 4.09. The number of nitrogens with zero attached hydrogens (tertiary/aromatic N) is 2. The summed E-state index contributed by atoms with van der Waals surface area (Å²) in [6, 6.07) is -0.0857. The van der Waals surface area contributed by atoms with E-state index in [1.165, 1.54) is 6.20 Å². The molecule has 7 nitrogen and oxygen atoms in total. The van der Waals surface area contributed by atoms with Gasteiger partial charge < -0.3 is 20.9 Å². The van der Waals surface area contributed by atoms with Crippen molar-refractivity contribution in [3.8, 4) is 0 Å². The van der Waals surface area contributed by atoms with Gasteiger partial charge in [-0.15, -0.1) is 0 Å². The Bertz CT molecular complexity index is 617. The molecule has 26 heavy (non-hydrogen) atoms. The Morgan fingerprint density at radius 1 is 1.31 bits per heavy atom. The molecule has 4 N–H and O–H groups in total. The summed E-state index contributed by atoms with van der Waals surface area (Å²) in [6.07, 6.45) is 9.24. The first-order valence-corrected chi connectivity index (χ1v) is 9.78. The predicted octanol–water partition coefficient (Wildman–Crippen LogP) is 2.04. The van der Waals surface area contributed by atoms with Crippen LogP contribution in [0.1, 0.15) is 68.1 Å². The molecule has 7 heteroatoms. The number of nitrogens with two attached hydrogens (primary N) is 1. The molecule has 2 fully saturated rings. The van der Waals surface area contributed by atoms with Crippen molar-refractivity contribution in [1.29, 1.82) is 0 Å². The van der Waals surface area contributed by atoms with Crippen molar-refractivity contribution >= 4 is 11.7 Å². The van der Waals surface area contributed by atoms with Gasteiger partial charge in [-0.2, -0.15) is 0 Å². The third-order valence-electron chi connectivity index (χ3n) is 5.57. The monoisotopic (exact) mass is 362 g/mol. The van der Waals surface area contributed by atoms with E-state index >= 15 is 0 Å². The van der Waals surface area contributed by atoms with E-state index in [-0.39, 0.29) is 11.6 Å². The quantitative estimate of drug-likeness (QED) is 0.684. The number of hydrogen-bond donors (Lipinski definition) is 3. The van der Waals surface area contributed by atoms with Crippen molar-refractivity contribution in [2.75, 3.05) is 11.9 Å². The second kappa shape index (κ2) is 8.77. The Kier molecular flexibility index (Phi) is 6.43. The lowest BCUT2D eigenvalue weighted by Gasteiger charge is -2.28. The first kappa shape index (κ1) is 19.0. The minimum atomic E-state index is -0.552. The fourth-order valence-corrected chi connectivity index (χ4v) is 4.09. The molecule has 1 heterocycles. The molecule has 2 saturated carbocycles. The number of rotatable bonds is 7. The van der Waals surface area contributed by atoms with E-state index in [0.29, 0.717) is 17.8 Å². The largest absolute Gasteiger partial charge is 0.391 e. The molecule has 3 rings (SSSR count). The van der Waals surface area contributed by atoms with Crippen LogP contribution in [0.2, 0.25) is 0 Å². The zero-order valence-corrected chi connectivity index (χ0v) is 15.5. The van der Waals surface area contributed by atoms with Gasteiger partial charge in [0.25, 0.3) is 5.91 Å². The van der Waals surface area contributed by atoms with Crippen LogP contribution in [0.25, 0.3) is 0 Å². The van der Waals surface area contributed by atoms with E-state index in [9.17, 15) is 9.90 Å². The summed E-state index contributed by atoms with van der Waals surface area (Å²) in [7, 11) is 0. The molecule has 1 aromatic heterocycles. The average Bonchev–Trinajstić information content (AvgIpc) is 3.02. The van der Waals surface area contributed by atoms with E-state index in [1.54, 1.807) is 0 Å². The topological polar surface area (TPSA) is 110 Å². The van der Waals surface area contributed by atoms with Crippen LogP contribution >= 0.6 is 0 Å². The molecule has 1 aromatic rings. The number of carbonyl (C=O) groups excluding carboxylic acids is 1. The SMILES string of the molecule is CCOC1CCC(Cc2ncc(C(N)=O)c(N[C@@H]3CCC[C@H]3O)n2)CC1. The summed E-state index contributed by atoms with van der Waals surface area (Å²) in [5.41, 5.74) is 5.75. The van der Waals surface area contributed by atoms with Gasteiger partial charge >= 0.3 is 0 Å². The van der Waals surface area contributed by atoms with E-state index in [1.807, 2.05) is 6.92 Å². The Morgan fingerprint density at radius 3 is 2.69 bits per heavy atom. The van der Waals surface area contributed by atoms with Crippen molar-refractivity contribution in [2.45, 2.75) is 76.5 Å². The highest BCUT2D eigenvalue weighted by Gasteiger charge is 2.27. The molecule has 0 bridgehead atoms. The molecule has 0 unspecified atom stereocenters. The highest BCUT2D eigenvalue weighted by Crippen LogP contribution is 2.29. The Balaban J connectivity index is 1.66. The molecular weight excluding hydrogens is 332 g/mol. The average molecular weight is 362 g/mol. The number of ether oxygens (including phenoxy) is 1. The second-order valence-electron chi connectivity index (χ2n) is 7.46. The van der Waals surface area contributed by atoms with E-state index in [0.717, 1.165) is 63.8 Å². The van der Waals surface area contributed by atoms with Crippen LogP contribution < -0.4 is 11.1 Å². The molecule has 0 saturated heterocycles. The third kappa shape index (κ3) is 4.71. The minimum Gasteiger partial charge on any atom is -0.391 e. The first-order chi connectivity index (χ1) is 12.6. The molecule has 2 atom stereocenters. The maximum Gasteiger partial charge on any atom is 0.254 e. The molecule has 0 spiro atoms. The number of primary amides is 1. The highest BCUT2D eigenvalue weighted by molar-refractivity contribution is 5.97. The molecule has 0 aliphatic heterocycles. The van der Waals surface area contributed by atoms with Gasteiger partial charge in [0.2, 0.25) is 0 Å². The number of aromatic nitrogens is 2. The molecule has 144 valence electrons. The number of aliphatic hydroxyl groups excluding tert-OH is 1. The number of anilines is 1. The third-order valence-corrected chi connectivity index (χ3v) is 5.57. The van der Waals surface area contributed by atoms with Gasteiger partial charge in [0.1, 0.15) is 11.6 Å². The number of hydrogen-bond acceptors (Lipinski definition) is 6. The lowest BCUT2D eigenvalue weighted by atomic mass is 9.85. The maximum absolute atomic E-state index is 11.7. The lowest BCUT2D eigenvalue weighted by Crippen LogP contribution is -2.30. The van der Waals surface area contributed by atoms with Crippen molar-refractivity contribution < 1.29 is 14.6 Å². The first-order valence-electron chi connectivity index (χ1n) is 9.78. The van der Waals surface area contributed by atoms with Gasteiger partial charge in [0.05, 0.1) is 23.8 Å². The number of carbonyl (C=O) groups is 1. The van der Waals surface area contributed by atoms with Crippen LogP contribution in [-0.2, 0) is 11.2 Å². The summed E-state index contributed by atoms with van der Waals surface area (Å²) in [5.74, 6) is 1.17.